The molecule has 2 aromatic rings. The molecule has 1 aliphatic carbocycles. The average molecular weight is 435 g/mol. The van der Waals surface area contributed by atoms with Crippen LogP contribution in [0.2, 0.25) is 0 Å². The van der Waals surface area contributed by atoms with Crippen molar-refractivity contribution < 1.29 is 16.8 Å². The molecule has 0 spiro atoms. The second-order valence-electron chi connectivity index (χ2n) is 7.91. The summed E-state index contributed by atoms with van der Waals surface area (Å²) in [6, 6.07) is 15.5. The molecule has 0 atom stereocenters. The second-order valence-corrected chi connectivity index (χ2v) is 11.6. The smallest absolute Gasteiger partial charge is 0.210 e. The Kier molecular flexibility index (Phi) is 5.54. The lowest BCUT2D eigenvalue weighted by atomic mass is 9.96. The van der Waals surface area contributed by atoms with Crippen molar-refractivity contribution in [1.29, 1.82) is 0 Å². The van der Waals surface area contributed by atoms with Gasteiger partial charge >= 0.3 is 0 Å². The first-order valence-corrected chi connectivity index (χ1v) is 12.9. The van der Waals surface area contributed by atoms with Crippen molar-refractivity contribution in [3.63, 3.8) is 0 Å². The lowest BCUT2D eigenvalue weighted by Gasteiger charge is -2.25. The maximum absolute atomic E-state index is 12.7. The second kappa shape index (κ2) is 7.83. The van der Waals surface area contributed by atoms with Crippen molar-refractivity contribution in [2.24, 2.45) is 0 Å². The van der Waals surface area contributed by atoms with Gasteiger partial charge in [0.15, 0.2) is 0 Å². The Balaban J connectivity index is 1.47. The van der Waals surface area contributed by atoms with Crippen LogP contribution in [0.5, 0.6) is 0 Å². The van der Waals surface area contributed by atoms with Gasteiger partial charge in [0.1, 0.15) is 0 Å². The maximum Gasteiger partial charge on any atom is 0.243 e. The van der Waals surface area contributed by atoms with E-state index in [0.29, 0.717) is 19.6 Å². The van der Waals surface area contributed by atoms with Gasteiger partial charge < -0.3 is 0 Å². The minimum atomic E-state index is -3.71. The van der Waals surface area contributed by atoms with Gasteiger partial charge in [0.25, 0.3) is 0 Å². The van der Waals surface area contributed by atoms with E-state index in [1.165, 1.54) is 28.6 Å². The fourth-order valence-electron chi connectivity index (χ4n) is 3.87. The molecule has 1 N–H and O–H groups in total. The largest absolute Gasteiger partial charge is 0.243 e. The van der Waals surface area contributed by atoms with Gasteiger partial charge in [0.05, 0.1) is 9.79 Å². The highest BCUT2D eigenvalue weighted by Gasteiger charge is 2.44. The van der Waals surface area contributed by atoms with Gasteiger partial charge in [0, 0.05) is 25.0 Å². The molecule has 0 radical (unpaired) electrons. The quantitative estimate of drug-likeness (QED) is 0.726. The monoisotopic (exact) mass is 434 g/mol. The van der Waals surface area contributed by atoms with E-state index in [9.17, 15) is 16.8 Å². The third-order valence-corrected chi connectivity index (χ3v) is 9.26. The lowest BCUT2D eigenvalue weighted by Crippen LogP contribution is -2.35. The van der Waals surface area contributed by atoms with E-state index in [4.69, 9.17) is 0 Å². The molecule has 0 aromatic heterocycles. The van der Waals surface area contributed by atoms with E-state index in [0.717, 1.165) is 37.7 Å². The van der Waals surface area contributed by atoms with Crippen LogP contribution in [0.1, 0.15) is 37.7 Å². The Bertz CT molecular complexity index is 1060. The fraction of sp³-hybridized carbons (Fsp3) is 0.429. The third kappa shape index (κ3) is 4.26. The zero-order chi connectivity index (χ0) is 20.5. The van der Waals surface area contributed by atoms with Gasteiger partial charge in [-0.15, -0.1) is 0 Å². The van der Waals surface area contributed by atoms with Crippen molar-refractivity contribution in [2.75, 3.05) is 19.6 Å². The van der Waals surface area contributed by atoms with Crippen LogP contribution in [0.25, 0.3) is 0 Å². The van der Waals surface area contributed by atoms with Gasteiger partial charge in [0.2, 0.25) is 20.0 Å². The number of nitrogens with one attached hydrogen (secondary N) is 1. The summed E-state index contributed by atoms with van der Waals surface area (Å²) in [6.45, 7) is 1.38. The van der Waals surface area contributed by atoms with E-state index < -0.39 is 20.0 Å². The van der Waals surface area contributed by atoms with E-state index in [1.54, 1.807) is 0 Å². The Morgan fingerprint density at radius 3 is 1.97 bits per heavy atom. The summed E-state index contributed by atoms with van der Waals surface area (Å²) in [4.78, 5) is 0.222. The average Bonchev–Trinajstić information content (AvgIpc) is 3.55. The van der Waals surface area contributed by atoms with Crippen molar-refractivity contribution >= 4 is 20.0 Å². The standard InChI is InChI=1S/C21H26N2O4S2/c24-28(25,22-17-21(13-14-21)18-7-3-1-4-8-18)19-9-11-20(12-10-19)29(26,27)23-15-5-2-6-16-23/h1,3-4,7-12,22H,2,5-6,13-17H2. The van der Waals surface area contributed by atoms with Crippen molar-refractivity contribution in [1.82, 2.24) is 9.03 Å². The molecule has 2 aliphatic rings. The molecule has 29 heavy (non-hydrogen) atoms. The fourth-order valence-corrected chi connectivity index (χ4v) is 6.52. The zero-order valence-corrected chi connectivity index (χ0v) is 17.9. The summed E-state index contributed by atoms with van der Waals surface area (Å²) < 4.78 is 55.1. The van der Waals surface area contributed by atoms with Crippen molar-refractivity contribution in [2.45, 2.75) is 47.3 Å². The SMILES string of the molecule is O=S(=O)(NCC1(c2ccccc2)CC1)c1ccc(S(=O)(=O)N2CCCCC2)cc1. The Morgan fingerprint density at radius 2 is 1.38 bits per heavy atom. The molecule has 1 aliphatic heterocycles. The number of hydrogen-bond donors (Lipinski definition) is 1. The lowest BCUT2D eigenvalue weighted by molar-refractivity contribution is 0.346. The first kappa shape index (κ1) is 20.5. The Morgan fingerprint density at radius 1 is 0.793 bits per heavy atom. The van der Waals surface area contributed by atoms with Crippen LogP contribution < -0.4 is 4.72 Å². The van der Waals surface area contributed by atoms with Crippen molar-refractivity contribution in [3.05, 3.63) is 60.2 Å². The molecule has 1 saturated carbocycles. The van der Waals surface area contributed by atoms with Crippen LogP contribution in [0.4, 0.5) is 0 Å². The summed E-state index contributed by atoms with van der Waals surface area (Å²) in [7, 11) is -7.27. The minimum absolute atomic E-state index is 0.0824. The summed E-state index contributed by atoms with van der Waals surface area (Å²) in [5.41, 5.74) is 1.01. The molecule has 2 fully saturated rings. The molecule has 4 rings (SSSR count). The molecule has 156 valence electrons. The number of benzene rings is 2. The summed E-state index contributed by atoms with van der Waals surface area (Å²) in [5, 5.41) is 0. The first-order chi connectivity index (χ1) is 13.8. The number of piperidine rings is 1. The summed E-state index contributed by atoms with van der Waals surface area (Å²) in [5.74, 6) is 0. The van der Waals surface area contributed by atoms with Crippen LogP contribution in [0, 0.1) is 0 Å². The van der Waals surface area contributed by atoms with Crippen LogP contribution in [-0.4, -0.2) is 40.8 Å². The minimum Gasteiger partial charge on any atom is -0.210 e. The molecular formula is C21H26N2O4S2. The van der Waals surface area contributed by atoms with Crippen molar-refractivity contribution in [3.8, 4) is 0 Å². The van der Waals surface area contributed by atoms with E-state index in [1.807, 2.05) is 30.3 Å². The zero-order valence-electron chi connectivity index (χ0n) is 16.2. The Hall–Kier alpha value is -1.74. The number of rotatable bonds is 7. The molecule has 2 aromatic carbocycles. The molecule has 8 heteroatoms. The topological polar surface area (TPSA) is 83.5 Å². The molecule has 0 amide bonds. The predicted molar refractivity (Wildman–Crippen MR) is 112 cm³/mol. The third-order valence-electron chi connectivity index (χ3n) is 5.93. The first-order valence-electron chi connectivity index (χ1n) is 9.99. The van der Waals surface area contributed by atoms with Gasteiger partial charge in [-0.2, -0.15) is 4.31 Å². The van der Waals surface area contributed by atoms with Crippen LogP contribution in [0.15, 0.2) is 64.4 Å². The van der Waals surface area contributed by atoms with Gasteiger partial charge in [-0.25, -0.2) is 21.6 Å². The van der Waals surface area contributed by atoms with E-state index in [2.05, 4.69) is 4.72 Å². The predicted octanol–water partition coefficient (Wildman–Crippen LogP) is 2.87. The highest BCUT2D eigenvalue weighted by molar-refractivity contribution is 7.89. The number of nitrogens with zero attached hydrogens (tertiary/aromatic N) is 1. The maximum atomic E-state index is 12.7. The highest BCUT2D eigenvalue weighted by Crippen LogP contribution is 2.47. The van der Waals surface area contributed by atoms with E-state index >= 15 is 0 Å². The number of sulfonamides is 2. The van der Waals surface area contributed by atoms with Gasteiger partial charge in [-0.05, 0) is 55.5 Å². The van der Waals surface area contributed by atoms with Gasteiger partial charge in [-0.1, -0.05) is 36.8 Å². The number of hydrogen-bond acceptors (Lipinski definition) is 4. The normalized spacial score (nSPS) is 19.7. The molecule has 6 nitrogen and oxygen atoms in total. The summed E-state index contributed by atoms with van der Waals surface area (Å²) >= 11 is 0. The molecule has 0 bridgehead atoms. The summed E-state index contributed by atoms with van der Waals surface area (Å²) in [6.07, 6.45) is 4.66. The molecular weight excluding hydrogens is 408 g/mol. The van der Waals surface area contributed by atoms with Crippen LogP contribution >= 0.6 is 0 Å². The van der Waals surface area contributed by atoms with Crippen LogP contribution in [0.3, 0.4) is 0 Å². The van der Waals surface area contributed by atoms with Gasteiger partial charge in [-0.3, -0.25) is 0 Å². The Labute approximate surface area is 173 Å². The highest BCUT2D eigenvalue weighted by atomic mass is 32.2. The molecule has 1 heterocycles. The molecule has 0 unspecified atom stereocenters. The van der Waals surface area contributed by atoms with E-state index in [-0.39, 0.29) is 15.2 Å². The van der Waals surface area contributed by atoms with Crippen LogP contribution in [-0.2, 0) is 25.5 Å². The molecule has 1 saturated heterocycles.